The molecule has 1 amide bonds. The molecule has 0 spiro atoms. The molecule has 0 aliphatic heterocycles. The molecule has 3 N–H and O–H groups in total. The topological polar surface area (TPSA) is 114 Å². The van der Waals surface area contributed by atoms with Crippen LogP contribution in [0, 0.1) is 11.8 Å². The summed E-state index contributed by atoms with van der Waals surface area (Å²) in [4.78, 5) is 43.7. The monoisotopic (exact) mass is 479 g/mol. The van der Waals surface area contributed by atoms with Gasteiger partial charge >= 0.3 is 5.69 Å². The maximum absolute atomic E-state index is 13.2. The number of nitrogens with zero attached hydrogens (tertiary/aromatic N) is 3. The van der Waals surface area contributed by atoms with E-state index >= 15 is 0 Å². The molecule has 33 heavy (non-hydrogen) atoms. The van der Waals surface area contributed by atoms with Gasteiger partial charge in [0, 0.05) is 19.6 Å². The molecular weight excluding hydrogens is 446 g/mol. The van der Waals surface area contributed by atoms with Crippen LogP contribution in [0.4, 0.5) is 11.5 Å². The van der Waals surface area contributed by atoms with E-state index in [1.54, 1.807) is 24.1 Å². The molecule has 9 nitrogen and oxygen atoms in total. The average Bonchev–Trinajstić information content (AvgIpc) is 2.71. The van der Waals surface area contributed by atoms with Crippen LogP contribution in [-0.4, -0.2) is 53.6 Å². The molecule has 2 aromatic rings. The van der Waals surface area contributed by atoms with Crippen LogP contribution in [0.5, 0.6) is 5.75 Å². The fraction of sp³-hybridized carbons (Fsp3) is 0.522. The van der Waals surface area contributed by atoms with Crippen molar-refractivity contribution in [2.75, 3.05) is 43.9 Å². The SMILES string of the molecule is CC(C)CN(C(=O)CN(C)CCOc1ccccc1Cl)c1c(N)n(CC(C)C)c(=O)[nH]c1=O. The lowest BCUT2D eigenvalue weighted by Crippen LogP contribution is -2.46. The summed E-state index contributed by atoms with van der Waals surface area (Å²) in [5.41, 5.74) is 5.00. The Labute approximate surface area is 199 Å². The fourth-order valence-electron chi connectivity index (χ4n) is 3.34. The van der Waals surface area contributed by atoms with E-state index in [0.717, 1.165) is 0 Å². The molecule has 0 atom stereocenters. The number of benzene rings is 1. The van der Waals surface area contributed by atoms with Crippen molar-refractivity contribution in [3.63, 3.8) is 0 Å². The van der Waals surface area contributed by atoms with E-state index in [9.17, 15) is 14.4 Å². The highest BCUT2D eigenvalue weighted by atomic mass is 35.5. The maximum Gasteiger partial charge on any atom is 0.330 e. The second-order valence-corrected chi connectivity index (χ2v) is 9.32. The number of anilines is 2. The summed E-state index contributed by atoms with van der Waals surface area (Å²) in [7, 11) is 1.79. The standard InChI is InChI=1S/C23H34ClN5O4/c1-15(2)12-28(20-21(25)29(13-16(3)4)23(32)26-22(20)31)19(30)14-27(5)10-11-33-18-9-7-6-8-17(18)24/h6-9,15-16H,10-14,25H2,1-5H3,(H,26,31,32). The molecule has 1 aromatic carbocycles. The van der Waals surface area contributed by atoms with Gasteiger partial charge < -0.3 is 15.4 Å². The van der Waals surface area contributed by atoms with Crippen LogP contribution in [0.3, 0.4) is 0 Å². The number of nitrogens with one attached hydrogen (secondary N) is 1. The van der Waals surface area contributed by atoms with E-state index in [0.29, 0.717) is 30.5 Å². The highest BCUT2D eigenvalue weighted by molar-refractivity contribution is 6.32. The van der Waals surface area contributed by atoms with Gasteiger partial charge in [0.25, 0.3) is 5.56 Å². The van der Waals surface area contributed by atoms with Gasteiger partial charge in [0.05, 0.1) is 11.6 Å². The molecule has 0 bridgehead atoms. The van der Waals surface area contributed by atoms with Gasteiger partial charge in [-0.2, -0.15) is 0 Å². The molecule has 0 saturated heterocycles. The minimum atomic E-state index is -0.670. The van der Waals surface area contributed by atoms with Gasteiger partial charge in [-0.15, -0.1) is 0 Å². The number of para-hydroxylation sites is 1. The van der Waals surface area contributed by atoms with E-state index < -0.39 is 11.2 Å². The zero-order valence-electron chi connectivity index (χ0n) is 19.9. The summed E-state index contributed by atoms with van der Waals surface area (Å²) < 4.78 is 7.00. The third kappa shape index (κ3) is 7.36. The Morgan fingerprint density at radius 2 is 1.85 bits per heavy atom. The van der Waals surface area contributed by atoms with Crippen LogP contribution < -0.4 is 26.6 Å². The molecular formula is C23H34ClN5O4. The average molecular weight is 480 g/mol. The van der Waals surface area contributed by atoms with Gasteiger partial charge in [-0.25, -0.2) is 4.79 Å². The maximum atomic E-state index is 13.2. The molecule has 0 aliphatic carbocycles. The Hall–Kier alpha value is -2.78. The first-order valence-electron chi connectivity index (χ1n) is 11.0. The minimum Gasteiger partial charge on any atom is -0.491 e. The first-order valence-corrected chi connectivity index (χ1v) is 11.4. The second-order valence-electron chi connectivity index (χ2n) is 8.91. The lowest BCUT2D eigenvalue weighted by atomic mass is 10.2. The van der Waals surface area contributed by atoms with Crippen molar-refractivity contribution < 1.29 is 9.53 Å². The molecule has 2 rings (SSSR count). The van der Waals surface area contributed by atoms with Gasteiger partial charge in [-0.1, -0.05) is 51.4 Å². The third-order valence-corrected chi connectivity index (χ3v) is 5.17. The first-order chi connectivity index (χ1) is 15.5. The van der Waals surface area contributed by atoms with E-state index in [4.69, 9.17) is 22.1 Å². The molecule has 0 saturated carbocycles. The summed E-state index contributed by atoms with van der Waals surface area (Å²) in [5, 5.41) is 0.519. The van der Waals surface area contributed by atoms with Crippen molar-refractivity contribution in [1.29, 1.82) is 0 Å². The summed E-state index contributed by atoms with van der Waals surface area (Å²) in [6.45, 7) is 9.21. The number of hydrogen-bond donors (Lipinski definition) is 2. The van der Waals surface area contributed by atoms with Crippen molar-refractivity contribution in [3.8, 4) is 5.75 Å². The van der Waals surface area contributed by atoms with Gasteiger partial charge in [0.15, 0.2) is 5.69 Å². The van der Waals surface area contributed by atoms with Gasteiger partial charge in [-0.3, -0.25) is 24.0 Å². The van der Waals surface area contributed by atoms with Crippen LogP contribution in [0.25, 0.3) is 0 Å². The molecule has 10 heteroatoms. The summed E-state index contributed by atoms with van der Waals surface area (Å²) >= 11 is 6.10. The van der Waals surface area contributed by atoms with Crippen molar-refractivity contribution in [3.05, 3.63) is 50.1 Å². The summed E-state index contributed by atoms with van der Waals surface area (Å²) in [6, 6.07) is 7.17. The molecule has 0 radical (unpaired) electrons. The number of likely N-dealkylation sites (N-methyl/N-ethyl adjacent to an activating group) is 1. The molecule has 182 valence electrons. The predicted molar refractivity (Wildman–Crippen MR) is 132 cm³/mol. The van der Waals surface area contributed by atoms with Crippen molar-refractivity contribution in [2.45, 2.75) is 34.2 Å². The van der Waals surface area contributed by atoms with Crippen LogP contribution in [0.2, 0.25) is 5.02 Å². The van der Waals surface area contributed by atoms with Crippen LogP contribution in [0.15, 0.2) is 33.9 Å². The van der Waals surface area contributed by atoms with Crippen molar-refractivity contribution >= 4 is 29.0 Å². The number of aromatic amines is 1. The minimum absolute atomic E-state index is 0.00356. The predicted octanol–water partition coefficient (Wildman–Crippen LogP) is 2.43. The van der Waals surface area contributed by atoms with Crippen molar-refractivity contribution in [1.82, 2.24) is 14.5 Å². The molecule has 1 aromatic heterocycles. The number of aromatic nitrogens is 2. The molecule has 1 heterocycles. The van der Waals surface area contributed by atoms with Crippen molar-refractivity contribution in [2.24, 2.45) is 11.8 Å². The fourth-order valence-corrected chi connectivity index (χ4v) is 3.53. The Kier molecular flexibility index (Phi) is 9.55. The number of carbonyl (C=O) groups excluding carboxylic acids is 1. The first kappa shape index (κ1) is 26.5. The molecule has 0 fully saturated rings. The van der Waals surface area contributed by atoms with Gasteiger partial charge in [0.1, 0.15) is 18.2 Å². The highest BCUT2D eigenvalue weighted by Crippen LogP contribution is 2.23. The third-order valence-electron chi connectivity index (χ3n) is 4.85. The summed E-state index contributed by atoms with van der Waals surface area (Å²) in [5.74, 6) is 0.480. The van der Waals surface area contributed by atoms with Gasteiger partial charge in [0.2, 0.25) is 5.91 Å². The number of halogens is 1. The summed E-state index contributed by atoms with van der Waals surface area (Å²) in [6.07, 6.45) is 0. The number of carbonyl (C=O) groups is 1. The largest absolute Gasteiger partial charge is 0.491 e. The number of ether oxygens (including phenoxy) is 1. The highest BCUT2D eigenvalue weighted by Gasteiger charge is 2.26. The Morgan fingerprint density at radius 3 is 2.45 bits per heavy atom. The van der Waals surface area contributed by atoms with E-state index in [1.165, 1.54) is 9.47 Å². The number of nitrogen functional groups attached to an aromatic ring is 1. The zero-order chi connectivity index (χ0) is 24.7. The van der Waals surface area contributed by atoms with Crippen LogP contribution in [-0.2, 0) is 11.3 Å². The van der Waals surface area contributed by atoms with E-state index in [-0.39, 0.29) is 42.3 Å². The molecule has 0 aliphatic rings. The van der Waals surface area contributed by atoms with Crippen LogP contribution in [0.1, 0.15) is 27.7 Å². The van der Waals surface area contributed by atoms with Gasteiger partial charge in [-0.05, 0) is 31.0 Å². The Balaban J connectivity index is 2.19. The smallest absolute Gasteiger partial charge is 0.330 e. The second kappa shape index (κ2) is 11.9. The quantitative estimate of drug-likeness (QED) is 0.511. The van der Waals surface area contributed by atoms with Crippen LogP contribution >= 0.6 is 11.6 Å². The zero-order valence-corrected chi connectivity index (χ0v) is 20.7. The number of amides is 1. The van der Waals surface area contributed by atoms with E-state index in [2.05, 4.69) is 4.98 Å². The Bertz CT molecular complexity index is 1060. The lowest BCUT2D eigenvalue weighted by molar-refractivity contribution is -0.119. The Morgan fingerprint density at radius 1 is 1.18 bits per heavy atom. The lowest BCUT2D eigenvalue weighted by Gasteiger charge is -2.28. The number of hydrogen-bond acceptors (Lipinski definition) is 6. The normalized spacial score (nSPS) is 11.4. The number of H-pyrrole nitrogens is 1. The number of nitrogens with two attached hydrogens (primary N) is 1. The number of rotatable bonds is 11. The van der Waals surface area contributed by atoms with E-state index in [1.807, 2.05) is 39.8 Å². The molecule has 0 unspecified atom stereocenters.